The number of hydrogen-bond donors (Lipinski definition) is 4. The molecule has 8 heteroatoms. The first-order valence-corrected chi connectivity index (χ1v) is 5.91. The molecule has 1 fully saturated rings. The topological polar surface area (TPSA) is 131 Å². The lowest BCUT2D eigenvalue weighted by atomic mass is 9.90. The first-order valence-electron chi connectivity index (χ1n) is 5.91. The zero-order valence-corrected chi connectivity index (χ0v) is 10.7. The van der Waals surface area contributed by atoms with E-state index in [0.717, 1.165) is 10.6 Å². The molecule has 1 aromatic heterocycles. The maximum atomic E-state index is 11.8. The summed E-state index contributed by atoms with van der Waals surface area (Å²) in [5.74, 6) is 2.21. The first-order chi connectivity index (χ1) is 9.31. The number of rotatable bonds is 2. The van der Waals surface area contributed by atoms with Crippen LogP contribution < -0.4 is 17.0 Å². The monoisotopic (exact) mass is 281 g/mol. The Bertz CT molecular complexity index is 658. The Morgan fingerprint density at radius 3 is 2.80 bits per heavy atom. The summed E-state index contributed by atoms with van der Waals surface area (Å²) < 4.78 is 6.40. The van der Waals surface area contributed by atoms with Gasteiger partial charge in [0.25, 0.3) is 5.56 Å². The van der Waals surface area contributed by atoms with Gasteiger partial charge >= 0.3 is 5.69 Å². The summed E-state index contributed by atoms with van der Waals surface area (Å²) in [6.07, 6.45) is 1.87. The number of H-pyrrole nitrogens is 1. The van der Waals surface area contributed by atoms with Crippen molar-refractivity contribution in [2.75, 3.05) is 0 Å². The Balaban J connectivity index is 2.53. The first kappa shape index (κ1) is 14.5. The van der Waals surface area contributed by atoms with Crippen molar-refractivity contribution in [3.05, 3.63) is 33.1 Å². The van der Waals surface area contributed by atoms with E-state index in [9.17, 15) is 19.8 Å². The second-order valence-corrected chi connectivity index (χ2v) is 4.73. The van der Waals surface area contributed by atoms with Crippen LogP contribution in [0.3, 0.4) is 0 Å². The van der Waals surface area contributed by atoms with Crippen molar-refractivity contribution in [1.82, 2.24) is 9.55 Å². The van der Waals surface area contributed by atoms with Crippen molar-refractivity contribution in [2.24, 2.45) is 5.73 Å². The Morgan fingerprint density at radius 2 is 2.30 bits per heavy atom. The molecule has 108 valence electrons. The van der Waals surface area contributed by atoms with Crippen LogP contribution in [0, 0.1) is 12.3 Å². The highest BCUT2D eigenvalue weighted by molar-refractivity contribution is 5.23. The molecule has 1 saturated heterocycles. The molecule has 5 N–H and O–H groups in total. The fourth-order valence-corrected chi connectivity index (χ4v) is 2.20. The van der Waals surface area contributed by atoms with E-state index in [1.807, 2.05) is 4.98 Å². The summed E-state index contributed by atoms with van der Waals surface area (Å²) in [6.45, 7) is 1.41. The van der Waals surface area contributed by atoms with Crippen LogP contribution >= 0.6 is 0 Å². The van der Waals surface area contributed by atoms with Gasteiger partial charge in [-0.3, -0.25) is 14.3 Å². The number of terminal acetylenes is 1. The molecule has 5 atom stereocenters. The fourth-order valence-electron chi connectivity index (χ4n) is 2.20. The maximum absolute atomic E-state index is 11.8. The number of aliphatic hydroxyl groups excluding tert-OH is 2. The van der Waals surface area contributed by atoms with Crippen LogP contribution in [-0.4, -0.2) is 43.6 Å². The zero-order chi connectivity index (χ0) is 15.1. The minimum Gasteiger partial charge on any atom is -0.391 e. The van der Waals surface area contributed by atoms with Gasteiger partial charge in [-0.15, -0.1) is 6.42 Å². The van der Waals surface area contributed by atoms with Crippen LogP contribution in [0.2, 0.25) is 0 Å². The van der Waals surface area contributed by atoms with Crippen molar-refractivity contribution in [2.45, 2.75) is 37.0 Å². The third kappa shape index (κ3) is 2.07. The van der Waals surface area contributed by atoms with Gasteiger partial charge in [-0.25, -0.2) is 4.79 Å². The standard InChI is InChI=1S/C12H15N3O5/c1-3-12(13)9(18)8(6(2)16)20-10(12)15-5-4-7(17)14-11(15)19/h1,4-6,8-10,16,18H,13H2,2H3,(H,14,17,19)/t6-,8-,9?,10-,12?/m1/s1. The number of nitrogens with one attached hydrogen (secondary N) is 1. The van der Waals surface area contributed by atoms with E-state index >= 15 is 0 Å². The normalized spacial score (nSPS) is 34.6. The van der Waals surface area contributed by atoms with Crippen LogP contribution in [0.4, 0.5) is 0 Å². The van der Waals surface area contributed by atoms with E-state index in [4.69, 9.17) is 16.9 Å². The number of aromatic amines is 1. The molecular weight excluding hydrogens is 266 g/mol. The molecule has 1 aliphatic rings. The van der Waals surface area contributed by atoms with Gasteiger partial charge in [0.05, 0.1) is 6.10 Å². The van der Waals surface area contributed by atoms with Gasteiger partial charge < -0.3 is 20.7 Å². The van der Waals surface area contributed by atoms with Crippen LogP contribution in [0.1, 0.15) is 13.2 Å². The Kier molecular flexibility index (Phi) is 3.54. The average Bonchev–Trinajstić information content (AvgIpc) is 2.64. The summed E-state index contributed by atoms with van der Waals surface area (Å²) >= 11 is 0. The maximum Gasteiger partial charge on any atom is 0.330 e. The van der Waals surface area contributed by atoms with Gasteiger partial charge in [-0.1, -0.05) is 5.92 Å². The van der Waals surface area contributed by atoms with Crippen LogP contribution in [0.5, 0.6) is 0 Å². The van der Waals surface area contributed by atoms with E-state index in [1.54, 1.807) is 0 Å². The van der Waals surface area contributed by atoms with Crippen molar-refractivity contribution >= 4 is 0 Å². The predicted molar refractivity (Wildman–Crippen MR) is 68.7 cm³/mol. The van der Waals surface area contributed by atoms with Crippen molar-refractivity contribution in [3.8, 4) is 12.3 Å². The lowest BCUT2D eigenvalue weighted by molar-refractivity contribution is -0.0778. The summed E-state index contributed by atoms with van der Waals surface area (Å²) in [5, 5.41) is 19.7. The summed E-state index contributed by atoms with van der Waals surface area (Å²) in [5.41, 5.74) is 2.88. The molecule has 0 amide bonds. The summed E-state index contributed by atoms with van der Waals surface area (Å²) in [4.78, 5) is 24.9. The largest absolute Gasteiger partial charge is 0.391 e. The minimum absolute atomic E-state index is 0.583. The Hall–Kier alpha value is -1.92. The van der Waals surface area contributed by atoms with Crippen molar-refractivity contribution in [3.63, 3.8) is 0 Å². The van der Waals surface area contributed by atoms with E-state index in [2.05, 4.69) is 5.92 Å². The fraction of sp³-hybridized carbons (Fsp3) is 0.500. The number of aromatic nitrogens is 2. The van der Waals surface area contributed by atoms with Crippen LogP contribution in [0.15, 0.2) is 21.9 Å². The number of aliphatic hydroxyl groups is 2. The minimum atomic E-state index is -1.70. The van der Waals surface area contributed by atoms with Crippen molar-refractivity contribution < 1.29 is 14.9 Å². The van der Waals surface area contributed by atoms with E-state index in [1.165, 1.54) is 13.1 Å². The molecule has 0 saturated carbocycles. The van der Waals surface area contributed by atoms with Gasteiger partial charge in [0.2, 0.25) is 0 Å². The number of nitrogens with zero attached hydrogens (tertiary/aromatic N) is 1. The molecule has 8 nitrogen and oxygen atoms in total. The molecule has 2 heterocycles. The SMILES string of the molecule is C#CC1(N)C(O)[C@@H]([C@@H](C)O)O[C@H]1n1ccc(=O)[nH]c1=O. The van der Waals surface area contributed by atoms with Gasteiger partial charge in [0.1, 0.15) is 12.2 Å². The molecule has 0 radical (unpaired) electrons. The van der Waals surface area contributed by atoms with E-state index in [0.29, 0.717) is 0 Å². The Morgan fingerprint density at radius 1 is 1.65 bits per heavy atom. The molecule has 20 heavy (non-hydrogen) atoms. The Labute approximate surface area is 113 Å². The molecule has 2 unspecified atom stereocenters. The molecule has 0 aromatic carbocycles. The summed E-state index contributed by atoms with van der Waals surface area (Å²) in [7, 11) is 0. The highest BCUT2D eigenvalue weighted by atomic mass is 16.5. The van der Waals surface area contributed by atoms with Gasteiger partial charge in [-0.2, -0.15) is 0 Å². The third-order valence-corrected chi connectivity index (χ3v) is 3.32. The molecule has 0 spiro atoms. The third-order valence-electron chi connectivity index (χ3n) is 3.32. The van der Waals surface area contributed by atoms with Gasteiger partial charge in [0.15, 0.2) is 11.8 Å². The predicted octanol–water partition coefficient (Wildman–Crippen LogP) is -2.49. The second kappa shape index (κ2) is 4.88. The quantitative estimate of drug-likeness (QED) is 0.443. The highest BCUT2D eigenvalue weighted by Gasteiger charge is 2.55. The van der Waals surface area contributed by atoms with Crippen LogP contribution in [-0.2, 0) is 4.74 Å². The molecule has 1 aromatic rings. The molecule has 2 rings (SSSR count). The van der Waals surface area contributed by atoms with Gasteiger partial charge in [-0.05, 0) is 6.92 Å². The number of hydrogen-bond acceptors (Lipinski definition) is 6. The van der Waals surface area contributed by atoms with Crippen molar-refractivity contribution in [1.29, 1.82) is 0 Å². The smallest absolute Gasteiger partial charge is 0.330 e. The molecule has 0 aliphatic carbocycles. The van der Waals surface area contributed by atoms with Crippen LogP contribution in [0.25, 0.3) is 0 Å². The molecular formula is C12H15N3O5. The average molecular weight is 281 g/mol. The molecule has 0 bridgehead atoms. The lowest BCUT2D eigenvalue weighted by Crippen LogP contribution is -2.55. The zero-order valence-electron chi connectivity index (χ0n) is 10.7. The number of ether oxygens (including phenoxy) is 1. The van der Waals surface area contributed by atoms with E-state index in [-0.39, 0.29) is 0 Å². The highest BCUT2D eigenvalue weighted by Crippen LogP contribution is 2.36. The second-order valence-electron chi connectivity index (χ2n) is 4.73. The number of nitrogens with two attached hydrogens (primary N) is 1. The molecule has 1 aliphatic heterocycles. The lowest BCUT2D eigenvalue weighted by Gasteiger charge is -2.27. The van der Waals surface area contributed by atoms with E-state index < -0.39 is 41.3 Å². The summed E-state index contributed by atoms with van der Waals surface area (Å²) in [6, 6.07) is 1.10. The van der Waals surface area contributed by atoms with Gasteiger partial charge in [0, 0.05) is 12.3 Å².